The Balaban J connectivity index is 1.87. The first-order valence-electron chi connectivity index (χ1n) is 7.39. The molecule has 0 radical (unpaired) electrons. The predicted octanol–water partition coefficient (Wildman–Crippen LogP) is 2.95. The molecule has 0 saturated carbocycles. The molecule has 20 heavy (non-hydrogen) atoms. The van der Waals surface area contributed by atoms with Crippen molar-refractivity contribution in [2.75, 3.05) is 0 Å². The Morgan fingerprint density at radius 3 is 2.40 bits per heavy atom. The van der Waals surface area contributed by atoms with Gasteiger partial charge < -0.3 is 9.31 Å². The maximum absolute atomic E-state index is 6.09. The molecule has 1 aliphatic heterocycles. The van der Waals surface area contributed by atoms with Crippen molar-refractivity contribution in [3.63, 3.8) is 0 Å². The number of allylic oxidation sites excluding steroid dienone is 2. The van der Waals surface area contributed by atoms with Gasteiger partial charge in [-0.1, -0.05) is 12.1 Å². The highest BCUT2D eigenvalue weighted by molar-refractivity contribution is 6.62. The smallest absolute Gasteiger partial charge is 0.399 e. The fourth-order valence-electron chi connectivity index (χ4n) is 2.67. The van der Waals surface area contributed by atoms with Crippen LogP contribution in [0.5, 0.6) is 0 Å². The second-order valence-electron chi connectivity index (χ2n) is 6.72. The van der Waals surface area contributed by atoms with Crippen LogP contribution in [-0.4, -0.2) is 23.3 Å². The molecule has 106 valence electrons. The van der Waals surface area contributed by atoms with Gasteiger partial charge >= 0.3 is 7.12 Å². The fraction of sp³-hybridized carbons (Fsp3) is 0.562. The lowest BCUT2D eigenvalue weighted by Gasteiger charge is -2.32. The Morgan fingerprint density at radius 2 is 1.80 bits per heavy atom. The van der Waals surface area contributed by atoms with E-state index in [9.17, 15) is 0 Å². The average molecular weight is 271 g/mol. The van der Waals surface area contributed by atoms with Gasteiger partial charge in [0.05, 0.1) is 11.2 Å². The van der Waals surface area contributed by atoms with E-state index >= 15 is 0 Å². The van der Waals surface area contributed by atoms with Gasteiger partial charge in [0, 0.05) is 17.9 Å². The monoisotopic (exact) mass is 271 g/mol. The number of nitrogens with zero attached hydrogens (tertiary/aromatic N) is 1. The van der Waals surface area contributed by atoms with E-state index in [2.05, 4.69) is 44.8 Å². The second kappa shape index (κ2) is 4.71. The standard InChI is InChI=1S/C16H22BNO2/c1-15(2)16(3,4)20-17(19-15)14-9-13(10-18-11-14)12-7-5-6-8-12/h7,9-11H,5-6,8H2,1-4H3. The molecule has 1 fully saturated rings. The molecule has 4 heteroatoms. The van der Waals surface area contributed by atoms with Crippen LogP contribution in [0.15, 0.2) is 24.5 Å². The van der Waals surface area contributed by atoms with Gasteiger partial charge in [0.1, 0.15) is 0 Å². The molecule has 0 atom stereocenters. The fourth-order valence-corrected chi connectivity index (χ4v) is 2.67. The second-order valence-corrected chi connectivity index (χ2v) is 6.72. The van der Waals surface area contributed by atoms with E-state index in [1.165, 1.54) is 24.0 Å². The summed E-state index contributed by atoms with van der Waals surface area (Å²) in [6, 6.07) is 2.16. The highest BCUT2D eigenvalue weighted by Crippen LogP contribution is 2.36. The van der Waals surface area contributed by atoms with Crippen molar-refractivity contribution in [2.24, 2.45) is 0 Å². The molecule has 1 aliphatic carbocycles. The van der Waals surface area contributed by atoms with Crippen LogP contribution in [0.25, 0.3) is 5.57 Å². The molecule has 1 aromatic heterocycles. The molecule has 0 bridgehead atoms. The van der Waals surface area contributed by atoms with Crippen molar-refractivity contribution in [3.8, 4) is 0 Å². The average Bonchev–Trinajstić information content (AvgIpc) is 2.97. The van der Waals surface area contributed by atoms with Crippen molar-refractivity contribution in [1.29, 1.82) is 0 Å². The lowest BCUT2D eigenvalue weighted by molar-refractivity contribution is 0.00578. The van der Waals surface area contributed by atoms with Gasteiger partial charge in [-0.3, -0.25) is 4.98 Å². The van der Waals surface area contributed by atoms with E-state index in [4.69, 9.17) is 9.31 Å². The van der Waals surface area contributed by atoms with Crippen molar-refractivity contribution < 1.29 is 9.31 Å². The summed E-state index contributed by atoms with van der Waals surface area (Å²) in [7, 11) is -0.325. The molecule has 0 N–H and O–H groups in total. The highest BCUT2D eigenvalue weighted by Gasteiger charge is 2.51. The van der Waals surface area contributed by atoms with Crippen LogP contribution in [-0.2, 0) is 9.31 Å². The van der Waals surface area contributed by atoms with E-state index in [1.807, 2.05) is 12.4 Å². The molecule has 1 saturated heterocycles. The molecule has 2 aliphatic rings. The third-order valence-electron chi connectivity index (χ3n) is 4.70. The molecule has 0 amide bonds. The minimum absolute atomic E-state index is 0.305. The molecular formula is C16H22BNO2. The van der Waals surface area contributed by atoms with Crippen molar-refractivity contribution in [2.45, 2.75) is 58.2 Å². The zero-order chi connectivity index (χ0) is 14.4. The topological polar surface area (TPSA) is 31.4 Å². The van der Waals surface area contributed by atoms with Crippen LogP contribution in [0.1, 0.15) is 52.5 Å². The van der Waals surface area contributed by atoms with E-state index in [-0.39, 0.29) is 18.3 Å². The van der Waals surface area contributed by atoms with Gasteiger partial charge in [-0.15, -0.1) is 0 Å². The SMILES string of the molecule is CC1(C)OB(c2cncc(C3=CCCC3)c2)OC1(C)C. The molecule has 1 aromatic rings. The summed E-state index contributed by atoms with van der Waals surface area (Å²) in [5.74, 6) is 0. The minimum Gasteiger partial charge on any atom is -0.399 e. The first-order valence-corrected chi connectivity index (χ1v) is 7.39. The summed E-state index contributed by atoms with van der Waals surface area (Å²) >= 11 is 0. The largest absolute Gasteiger partial charge is 0.496 e. The molecule has 0 unspecified atom stereocenters. The summed E-state index contributed by atoms with van der Waals surface area (Å²) in [4.78, 5) is 4.37. The van der Waals surface area contributed by atoms with E-state index < -0.39 is 0 Å². The predicted molar refractivity (Wildman–Crippen MR) is 81.8 cm³/mol. The Labute approximate surface area is 121 Å². The number of hydrogen-bond acceptors (Lipinski definition) is 3. The summed E-state index contributed by atoms with van der Waals surface area (Å²) in [6.07, 6.45) is 9.67. The van der Waals surface area contributed by atoms with Crippen LogP contribution in [0.4, 0.5) is 0 Å². The number of hydrogen-bond donors (Lipinski definition) is 0. The first-order chi connectivity index (χ1) is 9.39. The Bertz CT molecular complexity index is 535. The van der Waals surface area contributed by atoms with Crippen molar-refractivity contribution in [1.82, 2.24) is 4.98 Å². The molecule has 3 rings (SSSR count). The normalized spacial score (nSPS) is 24.0. The zero-order valence-electron chi connectivity index (χ0n) is 12.8. The van der Waals surface area contributed by atoms with Crippen LogP contribution >= 0.6 is 0 Å². The number of aromatic nitrogens is 1. The van der Waals surface area contributed by atoms with Crippen LogP contribution in [0, 0.1) is 0 Å². The van der Waals surface area contributed by atoms with Gasteiger partial charge in [-0.05, 0) is 58.1 Å². The Morgan fingerprint density at radius 1 is 1.10 bits per heavy atom. The Hall–Kier alpha value is -1.13. The maximum Gasteiger partial charge on any atom is 0.496 e. The molecule has 2 heterocycles. The van der Waals surface area contributed by atoms with Gasteiger partial charge in [-0.2, -0.15) is 0 Å². The van der Waals surface area contributed by atoms with Crippen LogP contribution < -0.4 is 5.46 Å². The third kappa shape index (κ3) is 2.31. The third-order valence-corrected chi connectivity index (χ3v) is 4.70. The number of pyridine rings is 1. The molecule has 0 aromatic carbocycles. The van der Waals surface area contributed by atoms with Crippen molar-refractivity contribution >= 4 is 18.2 Å². The van der Waals surface area contributed by atoms with Gasteiger partial charge in [0.25, 0.3) is 0 Å². The Kier molecular flexibility index (Phi) is 3.26. The maximum atomic E-state index is 6.09. The van der Waals surface area contributed by atoms with Gasteiger partial charge in [0.15, 0.2) is 0 Å². The summed E-state index contributed by atoms with van der Waals surface area (Å²) in [6.45, 7) is 8.29. The number of rotatable bonds is 2. The quantitative estimate of drug-likeness (QED) is 0.775. The van der Waals surface area contributed by atoms with Crippen molar-refractivity contribution in [3.05, 3.63) is 30.1 Å². The molecule has 3 nitrogen and oxygen atoms in total. The minimum atomic E-state index is -0.325. The molecular weight excluding hydrogens is 249 g/mol. The van der Waals surface area contributed by atoms with Crippen LogP contribution in [0.2, 0.25) is 0 Å². The molecule has 0 spiro atoms. The first kappa shape index (κ1) is 13.8. The zero-order valence-corrected chi connectivity index (χ0v) is 12.8. The summed E-state index contributed by atoms with van der Waals surface area (Å²) in [5.41, 5.74) is 3.00. The lowest BCUT2D eigenvalue weighted by atomic mass is 9.79. The van der Waals surface area contributed by atoms with E-state index in [0.29, 0.717) is 0 Å². The lowest BCUT2D eigenvalue weighted by Crippen LogP contribution is -2.41. The van der Waals surface area contributed by atoms with Gasteiger partial charge in [0.2, 0.25) is 0 Å². The van der Waals surface area contributed by atoms with Gasteiger partial charge in [-0.25, -0.2) is 0 Å². The van der Waals surface area contributed by atoms with E-state index in [1.54, 1.807) is 0 Å². The van der Waals surface area contributed by atoms with Crippen LogP contribution in [0.3, 0.4) is 0 Å². The summed E-state index contributed by atoms with van der Waals surface area (Å²) < 4.78 is 12.2. The highest BCUT2D eigenvalue weighted by atomic mass is 16.7. The van der Waals surface area contributed by atoms with E-state index in [0.717, 1.165) is 11.9 Å². The summed E-state index contributed by atoms with van der Waals surface area (Å²) in [5, 5.41) is 0.